The van der Waals surface area contributed by atoms with Gasteiger partial charge in [-0.2, -0.15) is 4.98 Å². The Labute approximate surface area is 191 Å². The molecule has 0 radical (unpaired) electrons. The third kappa shape index (κ3) is 3.34. The third-order valence-electron chi connectivity index (χ3n) is 5.32. The van der Waals surface area contributed by atoms with Gasteiger partial charge in [0.15, 0.2) is 0 Å². The second kappa shape index (κ2) is 7.59. The Kier molecular flexibility index (Phi) is 4.87. The number of hydrogen-bond acceptors (Lipinski definition) is 5. The predicted molar refractivity (Wildman–Crippen MR) is 129 cm³/mol. The quantitative estimate of drug-likeness (QED) is 0.290. The number of fused-ring (bicyclic) bond motifs is 3. The molecule has 7 heteroatoms. The molecule has 0 fully saturated rings. The standard InChI is InChI=1S/C24H18BrN3O2S/c1-13-15(3)31-22-19(13)21-20(14(2)26-22)23(29)28(17-7-5-4-6-8-17)24(27-21)30-18-11-9-16(25)10-12-18/h4-12H,1-3H3. The maximum absolute atomic E-state index is 13.8. The summed E-state index contributed by atoms with van der Waals surface area (Å²) in [5, 5.41) is 1.43. The largest absolute Gasteiger partial charge is 0.425 e. The van der Waals surface area contributed by atoms with Crippen molar-refractivity contribution in [3.63, 3.8) is 0 Å². The summed E-state index contributed by atoms with van der Waals surface area (Å²) in [6.45, 7) is 5.97. The van der Waals surface area contributed by atoms with E-state index in [2.05, 4.69) is 22.9 Å². The van der Waals surface area contributed by atoms with Crippen LogP contribution in [0.15, 0.2) is 63.9 Å². The molecule has 5 rings (SSSR count). The van der Waals surface area contributed by atoms with Crippen LogP contribution in [0, 0.1) is 20.8 Å². The van der Waals surface area contributed by atoms with Crippen molar-refractivity contribution < 1.29 is 4.74 Å². The van der Waals surface area contributed by atoms with Crippen LogP contribution in [0.1, 0.15) is 16.1 Å². The molecule has 2 aromatic carbocycles. The molecule has 5 nitrogen and oxygen atoms in total. The number of halogens is 1. The number of pyridine rings is 1. The first-order valence-corrected chi connectivity index (χ1v) is 11.4. The van der Waals surface area contributed by atoms with E-state index in [9.17, 15) is 4.79 Å². The van der Waals surface area contributed by atoms with E-state index in [1.807, 2.05) is 68.4 Å². The molecule has 0 bridgehead atoms. The molecule has 0 saturated carbocycles. The van der Waals surface area contributed by atoms with Gasteiger partial charge in [0, 0.05) is 14.7 Å². The molecule has 0 unspecified atom stereocenters. The zero-order valence-electron chi connectivity index (χ0n) is 17.1. The minimum atomic E-state index is -0.196. The van der Waals surface area contributed by atoms with Gasteiger partial charge in [-0.25, -0.2) is 9.55 Å². The molecule has 31 heavy (non-hydrogen) atoms. The molecule has 154 valence electrons. The summed E-state index contributed by atoms with van der Waals surface area (Å²) in [6.07, 6.45) is 0. The topological polar surface area (TPSA) is 57.0 Å². The van der Waals surface area contributed by atoms with Gasteiger partial charge in [0.2, 0.25) is 0 Å². The van der Waals surface area contributed by atoms with Gasteiger partial charge in [-0.05, 0) is 62.7 Å². The van der Waals surface area contributed by atoms with Crippen molar-refractivity contribution in [1.82, 2.24) is 14.5 Å². The first-order valence-electron chi connectivity index (χ1n) is 9.76. The van der Waals surface area contributed by atoms with Crippen LogP contribution in [-0.2, 0) is 0 Å². The molecule has 3 aromatic heterocycles. The van der Waals surface area contributed by atoms with Gasteiger partial charge in [-0.15, -0.1) is 11.3 Å². The molecule has 0 aliphatic rings. The average Bonchev–Trinajstić information content (AvgIpc) is 3.03. The second-order valence-corrected chi connectivity index (χ2v) is 9.43. The van der Waals surface area contributed by atoms with Crippen LogP contribution in [0.25, 0.3) is 26.8 Å². The number of aryl methyl sites for hydroxylation is 3. The van der Waals surface area contributed by atoms with Gasteiger partial charge in [0.1, 0.15) is 10.6 Å². The van der Waals surface area contributed by atoms with Gasteiger partial charge >= 0.3 is 6.01 Å². The van der Waals surface area contributed by atoms with Crippen LogP contribution in [0.5, 0.6) is 11.8 Å². The fourth-order valence-electron chi connectivity index (χ4n) is 3.66. The maximum Gasteiger partial charge on any atom is 0.310 e. The summed E-state index contributed by atoms with van der Waals surface area (Å²) < 4.78 is 8.61. The molecule has 5 aromatic rings. The van der Waals surface area contributed by atoms with Gasteiger partial charge < -0.3 is 4.74 Å². The highest BCUT2D eigenvalue weighted by Crippen LogP contribution is 2.35. The number of para-hydroxylation sites is 1. The minimum absolute atomic E-state index is 0.196. The highest BCUT2D eigenvalue weighted by Gasteiger charge is 2.21. The van der Waals surface area contributed by atoms with Crippen molar-refractivity contribution in [3.05, 3.63) is 85.6 Å². The molecular formula is C24H18BrN3O2S. The van der Waals surface area contributed by atoms with Crippen molar-refractivity contribution in [2.45, 2.75) is 20.8 Å². The van der Waals surface area contributed by atoms with Gasteiger partial charge in [-0.3, -0.25) is 4.79 Å². The van der Waals surface area contributed by atoms with Gasteiger partial charge in [0.25, 0.3) is 5.56 Å². The Hall–Kier alpha value is -3.03. The minimum Gasteiger partial charge on any atom is -0.425 e. The van der Waals surface area contributed by atoms with Crippen molar-refractivity contribution in [1.29, 1.82) is 0 Å². The average molecular weight is 492 g/mol. The number of benzene rings is 2. The molecule has 0 spiro atoms. The fourth-order valence-corrected chi connectivity index (χ4v) is 5.01. The van der Waals surface area contributed by atoms with Crippen LogP contribution < -0.4 is 10.3 Å². The van der Waals surface area contributed by atoms with E-state index in [1.54, 1.807) is 11.3 Å². The van der Waals surface area contributed by atoms with E-state index < -0.39 is 0 Å². The number of nitrogens with zero attached hydrogens (tertiary/aromatic N) is 3. The van der Waals surface area contributed by atoms with Crippen molar-refractivity contribution in [3.8, 4) is 17.4 Å². The highest BCUT2D eigenvalue weighted by atomic mass is 79.9. The lowest BCUT2D eigenvalue weighted by atomic mass is 10.1. The number of hydrogen-bond donors (Lipinski definition) is 0. The summed E-state index contributed by atoms with van der Waals surface area (Å²) in [6, 6.07) is 17.1. The van der Waals surface area contributed by atoms with E-state index in [0.717, 1.165) is 20.3 Å². The SMILES string of the molecule is Cc1sc2nc(C)c3c(=O)n(-c4ccccc4)c(Oc4ccc(Br)cc4)nc3c2c1C. The fraction of sp³-hybridized carbons (Fsp3) is 0.125. The van der Waals surface area contributed by atoms with Crippen molar-refractivity contribution in [2.24, 2.45) is 0 Å². The normalized spacial score (nSPS) is 11.4. The number of rotatable bonds is 3. The Bertz CT molecular complexity index is 1510. The Morgan fingerprint density at radius 3 is 2.35 bits per heavy atom. The first kappa shape index (κ1) is 19.9. The molecule has 0 N–H and O–H groups in total. The second-order valence-electron chi connectivity index (χ2n) is 7.31. The molecule has 0 aliphatic heterocycles. The number of thiophene rings is 1. The number of aromatic nitrogens is 3. The molecule has 0 aliphatic carbocycles. The summed E-state index contributed by atoms with van der Waals surface area (Å²) in [4.78, 5) is 25.4. The number of ether oxygens (including phenoxy) is 1. The summed E-state index contributed by atoms with van der Waals surface area (Å²) in [7, 11) is 0. The van der Waals surface area contributed by atoms with Crippen molar-refractivity contribution >= 4 is 48.4 Å². The molecular weight excluding hydrogens is 474 g/mol. The van der Waals surface area contributed by atoms with Gasteiger partial charge in [0.05, 0.1) is 22.3 Å². The predicted octanol–water partition coefficient (Wildman–Crippen LogP) is 6.48. The molecule has 3 heterocycles. The molecule has 0 saturated heterocycles. The summed E-state index contributed by atoms with van der Waals surface area (Å²) in [5.41, 5.74) is 2.89. The van der Waals surface area contributed by atoms with Crippen LogP contribution in [-0.4, -0.2) is 14.5 Å². The molecule has 0 amide bonds. The van der Waals surface area contributed by atoms with E-state index >= 15 is 0 Å². The zero-order chi connectivity index (χ0) is 21.7. The first-order chi connectivity index (χ1) is 14.9. The van der Waals surface area contributed by atoms with E-state index in [0.29, 0.717) is 28.0 Å². The lowest BCUT2D eigenvalue weighted by Gasteiger charge is -2.15. The molecule has 0 atom stereocenters. The van der Waals surface area contributed by atoms with Crippen LogP contribution in [0.3, 0.4) is 0 Å². The zero-order valence-corrected chi connectivity index (χ0v) is 19.5. The van der Waals surface area contributed by atoms with E-state index in [1.165, 1.54) is 9.44 Å². The summed E-state index contributed by atoms with van der Waals surface area (Å²) in [5.74, 6) is 0.597. The Morgan fingerprint density at radius 2 is 1.65 bits per heavy atom. The highest BCUT2D eigenvalue weighted by molar-refractivity contribution is 9.10. The van der Waals surface area contributed by atoms with E-state index in [4.69, 9.17) is 14.7 Å². The lowest BCUT2D eigenvalue weighted by Crippen LogP contribution is -2.22. The smallest absolute Gasteiger partial charge is 0.310 e. The van der Waals surface area contributed by atoms with Crippen LogP contribution >= 0.6 is 27.3 Å². The Morgan fingerprint density at radius 1 is 0.935 bits per heavy atom. The monoisotopic (exact) mass is 491 g/mol. The lowest BCUT2D eigenvalue weighted by molar-refractivity contribution is 0.427. The third-order valence-corrected chi connectivity index (χ3v) is 6.95. The van der Waals surface area contributed by atoms with Gasteiger partial charge in [-0.1, -0.05) is 34.1 Å². The van der Waals surface area contributed by atoms with Crippen LogP contribution in [0.4, 0.5) is 0 Å². The Balaban J connectivity index is 1.89. The summed E-state index contributed by atoms with van der Waals surface area (Å²) >= 11 is 5.06. The van der Waals surface area contributed by atoms with Crippen LogP contribution in [0.2, 0.25) is 0 Å². The van der Waals surface area contributed by atoms with Crippen molar-refractivity contribution in [2.75, 3.05) is 0 Å². The van der Waals surface area contributed by atoms with E-state index in [-0.39, 0.29) is 11.6 Å². The maximum atomic E-state index is 13.8.